The Morgan fingerprint density at radius 2 is 1.37 bits per heavy atom. The van der Waals surface area contributed by atoms with Crippen molar-refractivity contribution < 1.29 is 29.1 Å². The van der Waals surface area contributed by atoms with Crippen molar-refractivity contribution in [3.05, 3.63) is 35.9 Å². The van der Waals surface area contributed by atoms with Gasteiger partial charge in [0.15, 0.2) is 5.96 Å². The van der Waals surface area contributed by atoms with Crippen LogP contribution in [0.4, 0.5) is 0 Å². The van der Waals surface area contributed by atoms with Gasteiger partial charge in [0, 0.05) is 19.4 Å². The number of aliphatic carboxylic acids is 1. The Labute approximate surface area is 239 Å². The minimum Gasteiger partial charge on any atom is -0.480 e. The largest absolute Gasteiger partial charge is 0.480 e. The molecule has 0 bridgehead atoms. The van der Waals surface area contributed by atoms with E-state index >= 15 is 0 Å². The monoisotopic (exact) mass is 577 g/mol. The zero-order valence-electron chi connectivity index (χ0n) is 23.1. The lowest BCUT2D eigenvalue weighted by atomic mass is 10.0. The summed E-state index contributed by atoms with van der Waals surface area (Å²) in [4.78, 5) is 66.2. The molecule has 4 unspecified atom stereocenters. The summed E-state index contributed by atoms with van der Waals surface area (Å²) in [5.74, 6) is -4.17. The van der Waals surface area contributed by atoms with Gasteiger partial charge >= 0.3 is 5.97 Å². The summed E-state index contributed by atoms with van der Waals surface area (Å²) < 4.78 is 0. The van der Waals surface area contributed by atoms with Gasteiger partial charge in [0.25, 0.3) is 0 Å². The molecular weight excluding hydrogens is 534 g/mol. The van der Waals surface area contributed by atoms with Gasteiger partial charge in [0.1, 0.15) is 18.1 Å². The maximum atomic E-state index is 13.2. The molecule has 0 saturated carbocycles. The number of nitrogens with one attached hydrogen (secondary N) is 3. The van der Waals surface area contributed by atoms with Crippen LogP contribution in [0, 0.1) is 0 Å². The minimum atomic E-state index is -1.30. The number of nitrogens with zero attached hydrogens (tertiary/aromatic N) is 1. The molecule has 0 spiro atoms. The zero-order valence-corrected chi connectivity index (χ0v) is 23.1. The van der Waals surface area contributed by atoms with E-state index in [9.17, 15) is 29.1 Å². The number of carbonyl (C=O) groups is 5. The number of amides is 4. The molecule has 0 heterocycles. The van der Waals surface area contributed by atoms with Crippen molar-refractivity contribution in [3.8, 4) is 0 Å². The van der Waals surface area contributed by atoms with Crippen molar-refractivity contribution in [2.24, 2.45) is 33.7 Å². The molecule has 15 nitrogen and oxygen atoms in total. The predicted octanol–water partition coefficient (Wildman–Crippen LogP) is -2.46. The number of aliphatic imine (C=N–C) groups is 1. The van der Waals surface area contributed by atoms with Gasteiger partial charge in [-0.15, -0.1) is 0 Å². The fraction of sp³-hybridized carbons (Fsp3) is 0.538. The Balaban J connectivity index is 2.99. The van der Waals surface area contributed by atoms with Crippen molar-refractivity contribution in [1.82, 2.24) is 16.0 Å². The lowest BCUT2D eigenvalue weighted by molar-refractivity contribution is -0.142. The first-order chi connectivity index (χ1) is 19.4. The number of rotatable bonds is 20. The molecule has 0 aliphatic rings. The van der Waals surface area contributed by atoms with E-state index in [1.54, 1.807) is 30.3 Å². The lowest BCUT2D eigenvalue weighted by Gasteiger charge is -2.25. The number of carboxylic acid groups (broad SMARTS) is 1. The summed E-state index contributed by atoms with van der Waals surface area (Å²) in [6.45, 7) is 0.649. The van der Waals surface area contributed by atoms with Gasteiger partial charge in [-0.3, -0.25) is 24.2 Å². The molecule has 41 heavy (non-hydrogen) atoms. The van der Waals surface area contributed by atoms with E-state index in [-0.39, 0.29) is 44.6 Å². The highest BCUT2D eigenvalue weighted by atomic mass is 16.4. The van der Waals surface area contributed by atoms with Crippen molar-refractivity contribution in [2.75, 3.05) is 13.1 Å². The number of hydrogen-bond donors (Lipinski definition) is 9. The highest BCUT2D eigenvalue weighted by Gasteiger charge is 2.30. The van der Waals surface area contributed by atoms with E-state index in [0.717, 1.165) is 0 Å². The van der Waals surface area contributed by atoms with Crippen molar-refractivity contribution in [2.45, 2.75) is 75.5 Å². The average molecular weight is 578 g/mol. The van der Waals surface area contributed by atoms with Crippen molar-refractivity contribution >= 4 is 35.6 Å². The van der Waals surface area contributed by atoms with Gasteiger partial charge in [-0.1, -0.05) is 30.3 Å². The topological polar surface area (TPSA) is 284 Å². The molecule has 1 rings (SSSR count). The summed E-state index contributed by atoms with van der Waals surface area (Å²) in [5, 5.41) is 17.2. The second-order valence-corrected chi connectivity index (χ2v) is 9.56. The molecule has 0 aliphatic carbocycles. The highest BCUT2D eigenvalue weighted by Crippen LogP contribution is 2.08. The van der Waals surface area contributed by atoms with Crippen LogP contribution in [0.2, 0.25) is 0 Å². The second-order valence-electron chi connectivity index (χ2n) is 9.56. The van der Waals surface area contributed by atoms with Gasteiger partial charge in [0.05, 0.1) is 6.04 Å². The zero-order chi connectivity index (χ0) is 30.8. The third-order valence-electron chi connectivity index (χ3n) is 6.09. The molecule has 4 amide bonds. The molecule has 0 fully saturated rings. The summed E-state index contributed by atoms with van der Waals surface area (Å²) in [6, 6.07) is 4.07. The summed E-state index contributed by atoms with van der Waals surface area (Å²) >= 11 is 0. The first-order valence-electron chi connectivity index (χ1n) is 13.4. The molecule has 0 aromatic heterocycles. The van der Waals surface area contributed by atoms with Crippen LogP contribution in [0.5, 0.6) is 0 Å². The first kappa shape index (κ1) is 34.8. The molecule has 1 aromatic carbocycles. The molecular formula is C26H43N9O6. The van der Waals surface area contributed by atoms with Crippen LogP contribution in [-0.4, -0.2) is 77.9 Å². The number of nitrogens with two attached hydrogens (primary N) is 5. The number of benzene rings is 1. The SMILES string of the molecule is NCCCCC(NC(=O)C(N)CCCN=C(N)N)C(=O)NC(CCC(N)=O)C(=O)NC(Cc1ccccc1)C(=O)O. The van der Waals surface area contributed by atoms with Crippen LogP contribution >= 0.6 is 0 Å². The van der Waals surface area contributed by atoms with Crippen LogP contribution in [0.1, 0.15) is 50.5 Å². The van der Waals surface area contributed by atoms with Gasteiger partial charge in [0.2, 0.25) is 23.6 Å². The standard InChI is InChI=1S/C26H43N9O6/c27-13-5-4-10-18(33-22(37)17(28)9-6-14-32-26(30)31)23(38)34-19(11-12-21(29)36)24(39)35-20(25(40)41)15-16-7-2-1-3-8-16/h1-3,7-8,17-20H,4-6,9-15,27-28H2,(H2,29,36)(H,33,37)(H,34,38)(H,35,39)(H,40,41)(H4,30,31,32). The third kappa shape index (κ3) is 14.6. The van der Waals surface area contributed by atoms with E-state index < -0.39 is 53.8 Å². The van der Waals surface area contributed by atoms with Gasteiger partial charge in [-0.25, -0.2) is 4.79 Å². The normalized spacial score (nSPS) is 13.6. The van der Waals surface area contributed by atoms with Crippen molar-refractivity contribution in [1.29, 1.82) is 0 Å². The van der Waals surface area contributed by atoms with Crippen LogP contribution in [-0.2, 0) is 30.4 Å². The van der Waals surface area contributed by atoms with E-state index in [2.05, 4.69) is 20.9 Å². The Kier molecular flexibility index (Phi) is 16.1. The molecule has 228 valence electrons. The number of unbranched alkanes of at least 4 members (excludes halogenated alkanes) is 1. The summed E-state index contributed by atoms with van der Waals surface area (Å²) in [6.07, 6.45) is 1.52. The van der Waals surface area contributed by atoms with E-state index in [4.69, 9.17) is 28.7 Å². The molecule has 0 aliphatic heterocycles. The smallest absolute Gasteiger partial charge is 0.326 e. The average Bonchev–Trinajstić information content (AvgIpc) is 2.92. The molecule has 0 radical (unpaired) electrons. The Morgan fingerprint density at radius 1 is 0.780 bits per heavy atom. The highest BCUT2D eigenvalue weighted by molar-refractivity contribution is 5.94. The Morgan fingerprint density at radius 3 is 1.93 bits per heavy atom. The fourth-order valence-electron chi connectivity index (χ4n) is 3.84. The minimum absolute atomic E-state index is 0.00274. The maximum absolute atomic E-state index is 13.2. The quantitative estimate of drug-likeness (QED) is 0.0447. The Bertz CT molecular complexity index is 1030. The van der Waals surface area contributed by atoms with Gasteiger partial charge < -0.3 is 49.7 Å². The van der Waals surface area contributed by atoms with E-state index in [0.29, 0.717) is 31.4 Å². The lowest BCUT2D eigenvalue weighted by Crippen LogP contribution is -2.57. The molecule has 1 aromatic rings. The van der Waals surface area contributed by atoms with E-state index in [1.165, 1.54) is 0 Å². The molecule has 0 saturated heterocycles. The molecule has 4 atom stereocenters. The first-order valence-corrected chi connectivity index (χ1v) is 13.4. The van der Waals surface area contributed by atoms with Gasteiger partial charge in [-0.2, -0.15) is 0 Å². The predicted molar refractivity (Wildman–Crippen MR) is 153 cm³/mol. The molecule has 15 heteroatoms. The van der Waals surface area contributed by atoms with Crippen LogP contribution in [0.3, 0.4) is 0 Å². The molecule has 14 N–H and O–H groups in total. The van der Waals surface area contributed by atoms with E-state index in [1.807, 2.05) is 0 Å². The number of primary amides is 1. The van der Waals surface area contributed by atoms with Gasteiger partial charge in [-0.05, 0) is 50.6 Å². The third-order valence-corrected chi connectivity index (χ3v) is 6.09. The second kappa shape index (κ2) is 18.9. The summed E-state index contributed by atoms with van der Waals surface area (Å²) in [7, 11) is 0. The maximum Gasteiger partial charge on any atom is 0.326 e. The summed E-state index contributed by atoms with van der Waals surface area (Å²) in [5.41, 5.74) is 28.0. The Hall–Kier alpha value is -4.24. The van der Waals surface area contributed by atoms with Crippen LogP contribution in [0.25, 0.3) is 0 Å². The van der Waals surface area contributed by atoms with Crippen LogP contribution in [0.15, 0.2) is 35.3 Å². The number of hydrogen-bond acceptors (Lipinski definition) is 8. The van der Waals surface area contributed by atoms with Crippen molar-refractivity contribution in [3.63, 3.8) is 0 Å². The number of carbonyl (C=O) groups excluding carboxylic acids is 4. The fourth-order valence-corrected chi connectivity index (χ4v) is 3.84. The van der Waals surface area contributed by atoms with Crippen LogP contribution < -0.4 is 44.6 Å². The number of carboxylic acids is 1. The number of guanidine groups is 1.